The molecule has 2 saturated heterocycles. The Bertz CT molecular complexity index is 781. The van der Waals surface area contributed by atoms with E-state index in [0.29, 0.717) is 25.3 Å². The Kier molecular flexibility index (Phi) is 5.88. The van der Waals surface area contributed by atoms with Crippen molar-refractivity contribution in [3.05, 3.63) is 59.9 Å². The molecule has 3 heterocycles. The van der Waals surface area contributed by atoms with Crippen LogP contribution in [-0.2, 0) is 15.9 Å². The van der Waals surface area contributed by atoms with Crippen LogP contribution >= 0.6 is 0 Å². The summed E-state index contributed by atoms with van der Waals surface area (Å²) in [4.78, 5) is 19.0. The molecule has 148 valence electrons. The van der Waals surface area contributed by atoms with Crippen molar-refractivity contribution >= 4 is 11.6 Å². The first-order valence-electron chi connectivity index (χ1n) is 10.0. The lowest BCUT2D eigenvalue weighted by molar-refractivity contribution is -0.169. The van der Waals surface area contributed by atoms with Crippen LogP contribution in [0.2, 0.25) is 0 Å². The highest BCUT2D eigenvalue weighted by molar-refractivity contribution is 5.94. The number of ether oxygens (including phenoxy) is 2. The third kappa shape index (κ3) is 4.51. The molecule has 0 unspecified atom stereocenters. The number of anilines is 1. The number of aromatic nitrogens is 1. The maximum Gasteiger partial charge on any atom is 0.252 e. The molecule has 1 amide bonds. The molecule has 1 aromatic carbocycles. The van der Waals surface area contributed by atoms with Gasteiger partial charge in [0.25, 0.3) is 5.91 Å². The molecule has 28 heavy (non-hydrogen) atoms. The number of carbonyl (C=O) groups is 1. The van der Waals surface area contributed by atoms with Crippen LogP contribution in [0.5, 0.6) is 0 Å². The normalized spacial score (nSPS) is 18.4. The van der Waals surface area contributed by atoms with E-state index in [4.69, 9.17) is 9.47 Å². The Balaban J connectivity index is 1.27. The van der Waals surface area contributed by atoms with E-state index in [9.17, 15) is 4.79 Å². The Morgan fingerprint density at radius 1 is 1.11 bits per heavy atom. The molecule has 1 N–H and O–H groups in total. The van der Waals surface area contributed by atoms with Gasteiger partial charge < -0.3 is 19.7 Å². The summed E-state index contributed by atoms with van der Waals surface area (Å²) in [5.41, 5.74) is 2.87. The summed E-state index contributed by atoms with van der Waals surface area (Å²) in [6, 6.07) is 12.2. The zero-order chi connectivity index (χ0) is 19.2. The van der Waals surface area contributed by atoms with Crippen molar-refractivity contribution in [3.8, 4) is 0 Å². The topological polar surface area (TPSA) is 63.7 Å². The van der Waals surface area contributed by atoms with Gasteiger partial charge in [-0.1, -0.05) is 30.3 Å². The van der Waals surface area contributed by atoms with E-state index < -0.39 is 5.79 Å². The molecule has 2 fully saturated rings. The lowest BCUT2D eigenvalue weighted by atomic mass is 10.0. The molecular weight excluding hydrogens is 354 g/mol. The fraction of sp³-hybridized carbons (Fsp3) is 0.455. The Morgan fingerprint density at radius 3 is 2.61 bits per heavy atom. The van der Waals surface area contributed by atoms with Crippen LogP contribution in [-0.4, -0.2) is 49.5 Å². The highest BCUT2D eigenvalue weighted by Crippen LogP contribution is 2.33. The van der Waals surface area contributed by atoms with Gasteiger partial charge in [-0.25, -0.2) is 0 Å². The summed E-state index contributed by atoms with van der Waals surface area (Å²) in [6.45, 7) is 3.69. The maximum atomic E-state index is 12.5. The quantitative estimate of drug-likeness (QED) is 0.780. The first-order valence-corrected chi connectivity index (χ1v) is 10.0. The summed E-state index contributed by atoms with van der Waals surface area (Å²) < 4.78 is 11.6. The van der Waals surface area contributed by atoms with E-state index >= 15 is 0 Å². The molecule has 1 aromatic heterocycles. The van der Waals surface area contributed by atoms with Crippen LogP contribution in [0.1, 0.15) is 35.2 Å². The summed E-state index contributed by atoms with van der Waals surface area (Å²) in [6.07, 6.45) is 6.99. The van der Waals surface area contributed by atoms with Gasteiger partial charge in [-0.05, 0) is 24.5 Å². The van der Waals surface area contributed by atoms with E-state index in [2.05, 4.69) is 27.3 Å². The predicted molar refractivity (Wildman–Crippen MR) is 107 cm³/mol. The van der Waals surface area contributed by atoms with Crippen molar-refractivity contribution in [3.63, 3.8) is 0 Å². The van der Waals surface area contributed by atoms with Crippen LogP contribution in [0.15, 0.2) is 48.8 Å². The molecule has 0 bridgehead atoms. The number of carbonyl (C=O) groups excluding carboxylic acids is 1. The number of hydrogen-bond donors (Lipinski definition) is 1. The summed E-state index contributed by atoms with van der Waals surface area (Å²) in [5, 5.41) is 3.00. The minimum absolute atomic E-state index is 0.0710. The lowest BCUT2D eigenvalue weighted by Gasteiger charge is -2.38. The van der Waals surface area contributed by atoms with Gasteiger partial charge in [0.05, 0.1) is 30.7 Å². The molecule has 0 saturated carbocycles. The number of pyridine rings is 1. The van der Waals surface area contributed by atoms with Crippen molar-refractivity contribution in [2.24, 2.45) is 0 Å². The van der Waals surface area contributed by atoms with Gasteiger partial charge in [0.2, 0.25) is 0 Å². The average Bonchev–Trinajstić information content (AvgIpc) is 3.20. The lowest BCUT2D eigenvalue weighted by Crippen LogP contribution is -2.45. The van der Waals surface area contributed by atoms with Crippen LogP contribution in [0, 0.1) is 0 Å². The summed E-state index contributed by atoms with van der Waals surface area (Å²) >= 11 is 0. The zero-order valence-electron chi connectivity index (χ0n) is 16.1. The minimum atomic E-state index is -0.391. The van der Waals surface area contributed by atoms with Gasteiger partial charge in [0, 0.05) is 38.7 Å². The molecular formula is C22H27N3O3. The van der Waals surface area contributed by atoms with Gasteiger partial charge >= 0.3 is 0 Å². The molecule has 0 atom stereocenters. The highest BCUT2D eigenvalue weighted by atomic mass is 16.7. The van der Waals surface area contributed by atoms with Crippen molar-refractivity contribution in [2.45, 2.75) is 31.5 Å². The largest absolute Gasteiger partial charge is 0.370 e. The fourth-order valence-corrected chi connectivity index (χ4v) is 3.86. The van der Waals surface area contributed by atoms with Crippen LogP contribution < -0.4 is 10.2 Å². The standard InChI is InChI=1S/C22H27N3O3/c26-21(24-10-4-7-18-5-2-1-3-6-18)19-15-20(17-23-16-19)25-11-8-22(9-12-25)27-13-14-28-22/h1-3,5-6,15-17H,4,7-14H2,(H,24,26). The third-order valence-electron chi connectivity index (χ3n) is 5.46. The smallest absolute Gasteiger partial charge is 0.252 e. The third-order valence-corrected chi connectivity index (χ3v) is 5.46. The number of amides is 1. The molecule has 6 heteroatoms. The predicted octanol–water partition coefficient (Wildman–Crippen LogP) is 2.79. The summed E-state index contributed by atoms with van der Waals surface area (Å²) in [5.74, 6) is -0.462. The van der Waals surface area contributed by atoms with Crippen molar-refractivity contribution in [2.75, 3.05) is 37.7 Å². The zero-order valence-corrected chi connectivity index (χ0v) is 16.1. The first-order chi connectivity index (χ1) is 13.7. The second-order valence-electron chi connectivity index (χ2n) is 7.37. The SMILES string of the molecule is O=C(NCCCc1ccccc1)c1cncc(N2CCC3(CC2)OCCO3)c1. The summed E-state index contributed by atoms with van der Waals surface area (Å²) in [7, 11) is 0. The fourth-order valence-electron chi connectivity index (χ4n) is 3.86. The number of benzene rings is 1. The molecule has 2 aromatic rings. The monoisotopic (exact) mass is 381 g/mol. The molecule has 1 spiro atoms. The van der Waals surface area contributed by atoms with Crippen LogP contribution in [0.25, 0.3) is 0 Å². The second kappa shape index (κ2) is 8.71. The van der Waals surface area contributed by atoms with Gasteiger partial charge in [0.1, 0.15) is 0 Å². The van der Waals surface area contributed by atoms with E-state index in [1.807, 2.05) is 30.5 Å². The number of nitrogens with one attached hydrogen (secondary N) is 1. The highest BCUT2D eigenvalue weighted by Gasteiger charge is 2.39. The van der Waals surface area contributed by atoms with E-state index in [-0.39, 0.29) is 5.91 Å². The Labute approximate surface area is 165 Å². The van der Waals surface area contributed by atoms with Gasteiger partial charge in [-0.15, -0.1) is 0 Å². The van der Waals surface area contributed by atoms with E-state index in [0.717, 1.165) is 44.5 Å². The number of piperidine rings is 1. The molecule has 6 nitrogen and oxygen atoms in total. The number of rotatable bonds is 6. The Hall–Kier alpha value is -2.44. The molecule has 4 rings (SSSR count). The van der Waals surface area contributed by atoms with Crippen LogP contribution in [0.4, 0.5) is 5.69 Å². The maximum absolute atomic E-state index is 12.5. The van der Waals surface area contributed by atoms with Gasteiger partial charge in [-0.3, -0.25) is 9.78 Å². The van der Waals surface area contributed by atoms with E-state index in [1.165, 1.54) is 5.56 Å². The van der Waals surface area contributed by atoms with Gasteiger partial charge in [0.15, 0.2) is 5.79 Å². The van der Waals surface area contributed by atoms with Crippen molar-refractivity contribution in [1.82, 2.24) is 10.3 Å². The van der Waals surface area contributed by atoms with Crippen molar-refractivity contribution < 1.29 is 14.3 Å². The molecule has 2 aliphatic rings. The first kappa shape index (κ1) is 18.9. The molecule has 0 aliphatic carbocycles. The number of aryl methyl sites for hydroxylation is 1. The Morgan fingerprint density at radius 2 is 1.86 bits per heavy atom. The average molecular weight is 381 g/mol. The number of nitrogens with zero attached hydrogens (tertiary/aromatic N) is 2. The molecule has 2 aliphatic heterocycles. The van der Waals surface area contributed by atoms with E-state index in [1.54, 1.807) is 6.20 Å². The number of hydrogen-bond acceptors (Lipinski definition) is 5. The second-order valence-corrected chi connectivity index (χ2v) is 7.37. The minimum Gasteiger partial charge on any atom is -0.370 e. The van der Waals surface area contributed by atoms with Crippen molar-refractivity contribution in [1.29, 1.82) is 0 Å². The van der Waals surface area contributed by atoms with Gasteiger partial charge in [-0.2, -0.15) is 0 Å². The molecule has 0 radical (unpaired) electrons. The van der Waals surface area contributed by atoms with Crippen LogP contribution in [0.3, 0.4) is 0 Å².